The lowest BCUT2D eigenvalue weighted by atomic mass is 10.1. The van der Waals surface area contributed by atoms with Crippen molar-refractivity contribution in [1.82, 2.24) is 19.7 Å². The lowest BCUT2D eigenvalue weighted by Crippen LogP contribution is -2.34. The molecule has 0 aliphatic heterocycles. The highest BCUT2D eigenvalue weighted by Gasteiger charge is 2.24. The summed E-state index contributed by atoms with van der Waals surface area (Å²) in [6.07, 6.45) is 7.22. The van der Waals surface area contributed by atoms with Crippen LogP contribution in [-0.4, -0.2) is 39.5 Å². The number of nitrogens with zero attached hydrogens (tertiary/aromatic N) is 3. The monoisotopic (exact) mass is 492 g/mol. The third-order valence-electron chi connectivity index (χ3n) is 6.51. The number of carbonyl (C=O) groups is 1. The average Bonchev–Trinajstić information content (AvgIpc) is 3.47. The number of imidazole rings is 1. The summed E-state index contributed by atoms with van der Waals surface area (Å²) in [5, 5.41) is 6.27. The number of nitrogens with two attached hydrogens (primary N) is 1. The maximum Gasteiger partial charge on any atom is 0.251 e. The number of rotatable bonds is 6. The molecule has 36 heavy (non-hydrogen) atoms. The molecule has 1 saturated carbocycles. The number of methoxy groups -OCH3 is 1. The maximum absolute atomic E-state index is 14.7. The SMILES string of the molecule is COc1ccc(-c2cnc3c(Nc4ccc(C(=O)N[C@H]5CC[C@H](N)C5)c(C)c4)nccn23)c(F)c1F. The van der Waals surface area contributed by atoms with Crippen molar-refractivity contribution in [2.45, 2.75) is 38.3 Å². The minimum atomic E-state index is -1.06. The third kappa shape index (κ3) is 4.35. The Morgan fingerprint density at radius 1 is 1.17 bits per heavy atom. The van der Waals surface area contributed by atoms with Crippen molar-refractivity contribution < 1.29 is 18.3 Å². The molecule has 0 saturated heterocycles. The molecular formula is C26H26F2N6O2. The minimum absolute atomic E-state index is 0.0485. The van der Waals surface area contributed by atoms with Crippen molar-refractivity contribution in [3.63, 3.8) is 0 Å². The average molecular weight is 493 g/mol. The van der Waals surface area contributed by atoms with E-state index in [2.05, 4.69) is 20.6 Å². The Balaban J connectivity index is 1.40. The fourth-order valence-electron chi connectivity index (χ4n) is 4.64. The Morgan fingerprint density at radius 2 is 2.00 bits per heavy atom. The smallest absolute Gasteiger partial charge is 0.251 e. The predicted molar refractivity (Wildman–Crippen MR) is 132 cm³/mol. The Bertz CT molecular complexity index is 1450. The first-order valence-corrected chi connectivity index (χ1v) is 11.6. The Kier molecular flexibility index (Phi) is 6.27. The van der Waals surface area contributed by atoms with Gasteiger partial charge in [-0.2, -0.15) is 4.39 Å². The van der Waals surface area contributed by atoms with Crippen LogP contribution >= 0.6 is 0 Å². The number of carbonyl (C=O) groups excluding carboxylic acids is 1. The number of benzene rings is 2. The van der Waals surface area contributed by atoms with Crippen molar-refractivity contribution in [3.05, 3.63) is 71.7 Å². The third-order valence-corrected chi connectivity index (χ3v) is 6.51. The van der Waals surface area contributed by atoms with Gasteiger partial charge in [0.25, 0.3) is 5.91 Å². The zero-order chi connectivity index (χ0) is 25.4. The van der Waals surface area contributed by atoms with Gasteiger partial charge in [-0.25, -0.2) is 14.4 Å². The molecule has 2 atom stereocenters. The summed E-state index contributed by atoms with van der Waals surface area (Å²) in [5.41, 5.74) is 8.89. The van der Waals surface area contributed by atoms with Crippen molar-refractivity contribution in [2.75, 3.05) is 12.4 Å². The van der Waals surface area contributed by atoms with E-state index in [0.29, 0.717) is 28.4 Å². The van der Waals surface area contributed by atoms with Crippen molar-refractivity contribution in [3.8, 4) is 17.0 Å². The standard InChI is InChI=1S/C26H26F2N6O2/c1-14-11-16(5-6-18(14)26(35)33-17-4-3-15(29)12-17)32-24-25-31-13-20(34(25)10-9-30-24)19-7-8-21(36-2)23(28)22(19)27/h5-11,13,15,17H,3-4,12,29H2,1-2H3,(H,30,32)(H,33,35)/t15-,17-/m0/s1. The molecule has 1 aliphatic rings. The summed E-state index contributed by atoms with van der Waals surface area (Å²) in [6.45, 7) is 1.86. The largest absolute Gasteiger partial charge is 0.494 e. The summed E-state index contributed by atoms with van der Waals surface area (Å²) in [6, 6.07) is 8.45. The Morgan fingerprint density at radius 3 is 2.72 bits per heavy atom. The first kappa shape index (κ1) is 23.7. The van der Waals surface area contributed by atoms with E-state index < -0.39 is 11.6 Å². The van der Waals surface area contributed by atoms with E-state index >= 15 is 0 Å². The van der Waals surface area contributed by atoms with Gasteiger partial charge in [-0.1, -0.05) is 0 Å². The van der Waals surface area contributed by atoms with Crippen LogP contribution in [0.4, 0.5) is 20.3 Å². The number of anilines is 2. The molecule has 0 unspecified atom stereocenters. The lowest BCUT2D eigenvalue weighted by molar-refractivity contribution is 0.0937. The van der Waals surface area contributed by atoms with E-state index in [4.69, 9.17) is 10.5 Å². The number of aryl methyl sites for hydroxylation is 1. The molecule has 8 nitrogen and oxygen atoms in total. The van der Waals surface area contributed by atoms with Gasteiger partial charge in [-0.15, -0.1) is 0 Å². The maximum atomic E-state index is 14.7. The second-order valence-corrected chi connectivity index (χ2v) is 8.95. The van der Waals surface area contributed by atoms with Gasteiger partial charge in [0.2, 0.25) is 5.82 Å². The topological polar surface area (TPSA) is 107 Å². The summed E-state index contributed by atoms with van der Waals surface area (Å²) < 4.78 is 35.5. The van der Waals surface area contributed by atoms with Crippen LogP contribution in [0.2, 0.25) is 0 Å². The highest BCUT2D eigenvalue weighted by molar-refractivity contribution is 5.96. The second-order valence-electron chi connectivity index (χ2n) is 8.95. The summed E-state index contributed by atoms with van der Waals surface area (Å²) >= 11 is 0. The molecule has 5 rings (SSSR count). The molecule has 10 heteroatoms. The van der Waals surface area contributed by atoms with E-state index in [9.17, 15) is 13.6 Å². The van der Waals surface area contributed by atoms with Gasteiger partial charge in [0, 0.05) is 41.3 Å². The Labute approximate surface area is 206 Å². The number of halogens is 2. The first-order valence-electron chi connectivity index (χ1n) is 11.6. The van der Waals surface area contributed by atoms with E-state index in [0.717, 1.165) is 24.8 Å². The van der Waals surface area contributed by atoms with Crippen LogP contribution in [0, 0.1) is 18.6 Å². The minimum Gasteiger partial charge on any atom is -0.494 e. The van der Waals surface area contributed by atoms with Crippen LogP contribution in [0.3, 0.4) is 0 Å². The fraction of sp³-hybridized carbons (Fsp3) is 0.269. The number of nitrogens with one attached hydrogen (secondary N) is 2. The van der Waals surface area contributed by atoms with E-state index in [-0.39, 0.29) is 29.3 Å². The van der Waals surface area contributed by atoms with Gasteiger partial charge >= 0.3 is 0 Å². The van der Waals surface area contributed by atoms with Gasteiger partial charge in [0.15, 0.2) is 23.0 Å². The normalized spacial score (nSPS) is 17.4. The number of hydrogen-bond donors (Lipinski definition) is 3. The highest BCUT2D eigenvalue weighted by Crippen LogP contribution is 2.31. The molecule has 1 amide bonds. The number of aromatic nitrogens is 3. The molecule has 2 aromatic heterocycles. The van der Waals surface area contributed by atoms with Gasteiger partial charge in [-0.3, -0.25) is 9.20 Å². The molecule has 0 radical (unpaired) electrons. The van der Waals surface area contributed by atoms with Crippen LogP contribution in [-0.2, 0) is 0 Å². The number of fused-ring (bicyclic) bond motifs is 1. The van der Waals surface area contributed by atoms with Crippen LogP contribution in [0.1, 0.15) is 35.2 Å². The van der Waals surface area contributed by atoms with E-state index in [1.807, 2.05) is 13.0 Å². The first-order chi connectivity index (χ1) is 17.4. The zero-order valence-corrected chi connectivity index (χ0v) is 19.9. The molecule has 1 fully saturated rings. The quantitative estimate of drug-likeness (QED) is 0.370. The molecule has 4 aromatic rings. The zero-order valence-electron chi connectivity index (χ0n) is 19.9. The molecular weight excluding hydrogens is 466 g/mol. The van der Waals surface area contributed by atoms with Gasteiger partial charge in [0.1, 0.15) is 0 Å². The van der Waals surface area contributed by atoms with Gasteiger partial charge in [-0.05, 0) is 62.1 Å². The summed E-state index contributed by atoms with van der Waals surface area (Å²) in [5.74, 6) is -1.95. The second kappa shape index (κ2) is 9.54. The van der Waals surface area contributed by atoms with E-state index in [1.54, 1.807) is 28.9 Å². The number of hydrogen-bond acceptors (Lipinski definition) is 6. The molecule has 4 N–H and O–H groups in total. The molecule has 0 bridgehead atoms. The van der Waals surface area contributed by atoms with Crippen molar-refractivity contribution >= 4 is 23.1 Å². The predicted octanol–water partition coefficient (Wildman–Crippen LogP) is 4.34. The van der Waals surface area contributed by atoms with Gasteiger partial charge < -0.3 is 21.1 Å². The fourth-order valence-corrected chi connectivity index (χ4v) is 4.64. The summed E-state index contributed by atoms with van der Waals surface area (Å²) in [7, 11) is 1.28. The van der Waals surface area contributed by atoms with Crippen LogP contribution < -0.4 is 21.1 Å². The van der Waals surface area contributed by atoms with Crippen LogP contribution in [0.25, 0.3) is 16.9 Å². The molecule has 1 aliphatic carbocycles. The van der Waals surface area contributed by atoms with Crippen molar-refractivity contribution in [1.29, 1.82) is 0 Å². The molecule has 186 valence electrons. The number of ether oxygens (including phenoxy) is 1. The van der Waals surface area contributed by atoms with Crippen LogP contribution in [0.5, 0.6) is 5.75 Å². The van der Waals surface area contributed by atoms with Crippen LogP contribution in [0.15, 0.2) is 48.9 Å². The van der Waals surface area contributed by atoms with Crippen molar-refractivity contribution in [2.24, 2.45) is 5.73 Å². The highest BCUT2D eigenvalue weighted by atomic mass is 19.2. The molecule has 2 aromatic carbocycles. The Hall–Kier alpha value is -4.05. The number of amides is 1. The van der Waals surface area contributed by atoms with E-state index in [1.165, 1.54) is 25.4 Å². The molecule has 0 spiro atoms. The summed E-state index contributed by atoms with van der Waals surface area (Å²) in [4.78, 5) is 21.5. The molecule has 2 heterocycles. The van der Waals surface area contributed by atoms with Gasteiger partial charge in [0.05, 0.1) is 19.0 Å². The lowest BCUT2D eigenvalue weighted by Gasteiger charge is -2.15.